The molecule has 86 valence electrons. The van der Waals surface area contributed by atoms with Gasteiger partial charge in [-0.05, 0) is 20.3 Å². The minimum Gasteiger partial charge on any atom is -0.481 e. The molecule has 3 N–H and O–H groups in total. The molecule has 0 aliphatic heterocycles. The normalized spacial score (nSPS) is 15.8. The van der Waals surface area contributed by atoms with Crippen molar-refractivity contribution in [1.29, 1.82) is 0 Å². The van der Waals surface area contributed by atoms with Crippen molar-refractivity contribution >= 4 is 11.9 Å². The van der Waals surface area contributed by atoms with Gasteiger partial charge in [0.1, 0.15) is 5.92 Å². The third kappa shape index (κ3) is 5.85. The molecule has 0 aliphatic rings. The maximum absolute atomic E-state index is 10.7. The van der Waals surface area contributed by atoms with Gasteiger partial charge in [-0.25, -0.2) is 0 Å². The van der Waals surface area contributed by atoms with E-state index in [9.17, 15) is 9.59 Å². The van der Waals surface area contributed by atoms with Gasteiger partial charge >= 0.3 is 11.9 Å². The molecule has 0 aromatic carbocycles. The first-order valence-corrected chi connectivity index (χ1v) is 4.64. The van der Waals surface area contributed by atoms with Crippen molar-refractivity contribution in [2.75, 3.05) is 0 Å². The summed E-state index contributed by atoms with van der Waals surface area (Å²) in [6.45, 7) is 3.04. The molecule has 0 heterocycles. The topological polar surface area (TPSA) is 94.8 Å². The van der Waals surface area contributed by atoms with Crippen molar-refractivity contribution in [2.45, 2.75) is 32.8 Å². The van der Waals surface area contributed by atoms with Crippen molar-refractivity contribution in [1.82, 2.24) is 0 Å². The predicted molar refractivity (Wildman–Crippen MR) is 53.4 cm³/mol. The molecule has 0 spiro atoms. The summed E-state index contributed by atoms with van der Waals surface area (Å²) in [5, 5.41) is 26.3. The van der Waals surface area contributed by atoms with E-state index in [2.05, 4.69) is 0 Å². The van der Waals surface area contributed by atoms with Gasteiger partial charge in [0.2, 0.25) is 0 Å². The fourth-order valence-corrected chi connectivity index (χ4v) is 1.11. The molecule has 0 aromatic rings. The zero-order valence-electron chi connectivity index (χ0n) is 8.80. The molecule has 0 saturated heterocycles. The molecule has 2 atom stereocenters. The Bertz CT molecular complexity index is 267. The van der Waals surface area contributed by atoms with Gasteiger partial charge in [-0.1, -0.05) is 11.6 Å². The van der Waals surface area contributed by atoms with Gasteiger partial charge in [0.25, 0.3) is 0 Å². The zero-order valence-corrected chi connectivity index (χ0v) is 8.80. The molecule has 15 heavy (non-hydrogen) atoms. The molecule has 0 amide bonds. The van der Waals surface area contributed by atoms with E-state index in [1.807, 2.05) is 0 Å². The van der Waals surface area contributed by atoms with Crippen LogP contribution in [0.25, 0.3) is 0 Å². The fraction of sp³-hybridized carbons (Fsp3) is 0.600. The summed E-state index contributed by atoms with van der Waals surface area (Å²) in [6.07, 6.45) is 0.679. The fourth-order valence-electron chi connectivity index (χ4n) is 1.11. The summed E-state index contributed by atoms with van der Waals surface area (Å²) in [6, 6.07) is 0. The van der Waals surface area contributed by atoms with Crippen LogP contribution in [0, 0.1) is 5.92 Å². The Balaban J connectivity index is 4.40. The monoisotopic (exact) mass is 216 g/mol. The molecule has 2 unspecified atom stereocenters. The lowest BCUT2D eigenvalue weighted by molar-refractivity contribution is -0.143. The van der Waals surface area contributed by atoms with Crippen LogP contribution >= 0.6 is 0 Å². The minimum atomic E-state index is -1.11. The van der Waals surface area contributed by atoms with E-state index in [0.29, 0.717) is 12.0 Å². The number of carbonyl (C=O) groups is 2. The number of carboxylic acids is 2. The van der Waals surface area contributed by atoms with E-state index in [0.717, 1.165) is 0 Å². The van der Waals surface area contributed by atoms with E-state index in [1.54, 1.807) is 6.92 Å². The molecule has 0 radical (unpaired) electrons. The summed E-state index contributed by atoms with van der Waals surface area (Å²) < 4.78 is 0. The summed E-state index contributed by atoms with van der Waals surface area (Å²) >= 11 is 0. The Morgan fingerprint density at radius 2 is 1.80 bits per heavy atom. The van der Waals surface area contributed by atoms with Crippen LogP contribution in [0.5, 0.6) is 0 Å². The first kappa shape index (κ1) is 13.6. The second-order valence-electron chi connectivity index (χ2n) is 3.51. The molecule has 5 nitrogen and oxygen atoms in total. The van der Waals surface area contributed by atoms with Crippen molar-refractivity contribution in [2.24, 2.45) is 5.92 Å². The molecule has 0 aliphatic carbocycles. The highest BCUT2D eigenvalue weighted by Crippen LogP contribution is 2.12. The first-order chi connectivity index (χ1) is 6.84. The largest absolute Gasteiger partial charge is 0.481 e. The number of allylic oxidation sites excluding steroid dienone is 1. The predicted octanol–water partition coefficient (Wildman–Crippen LogP) is 0.879. The van der Waals surface area contributed by atoms with E-state index in [-0.39, 0.29) is 6.42 Å². The second-order valence-corrected chi connectivity index (χ2v) is 3.51. The SMILES string of the molecule is C/C(=C\C(C(=O)O)C(C)O)CCC(=O)O. The summed E-state index contributed by atoms with van der Waals surface area (Å²) in [7, 11) is 0. The smallest absolute Gasteiger partial charge is 0.312 e. The molecule has 0 bridgehead atoms. The van der Waals surface area contributed by atoms with Gasteiger partial charge in [0, 0.05) is 6.42 Å². The van der Waals surface area contributed by atoms with E-state index in [1.165, 1.54) is 13.0 Å². The Morgan fingerprint density at radius 1 is 1.27 bits per heavy atom. The number of rotatable bonds is 6. The van der Waals surface area contributed by atoms with E-state index >= 15 is 0 Å². The highest BCUT2D eigenvalue weighted by atomic mass is 16.4. The quantitative estimate of drug-likeness (QED) is 0.573. The average Bonchev–Trinajstić information content (AvgIpc) is 2.09. The number of carboxylic acid groups (broad SMARTS) is 2. The molecule has 0 fully saturated rings. The highest BCUT2D eigenvalue weighted by Gasteiger charge is 2.20. The van der Waals surface area contributed by atoms with Crippen LogP contribution in [-0.4, -0.2) is 33.4 Å². The van der Waals surface area contributed by atoms with Crippen LogP contribution in [0.3, 0.4) is 0 Å². The molecular weight excluding hydrogens is 200 g/mol. The van der Waals surface area contributed by atoms with E-state index < -0.39 is 24.0 Å². The van der Waals surface area contributed by atoms with Crippen LogP contribution in [0.2, 0.25) is 0 Å². The molecular formula is C10H16O5. The second kappa shape index (κ2) is 6.19. The molecule has 0 rings (SSSR count). The highest BCUT2D eigenvalue weighted by molar-refractivity contribution is 5.73. The van der Waals surface area contributed by atoms with Crippen LogP contribution in [0.4, 0.5) is 0 Å². The van der Waals surface area contributed by atoms with Gasteiger partial charge in [0.05, 0.1) is 6.10 Å². The first-order valence-electron chi connectivity index (χ1n) is 4.64. The number of hydrogen-bond acceptors (Lipinski definition) is 3. The third-order valence-electron chi connectivity index (χ3n) is 2.00. The maximum atomic E-state index is 10.7. The number of aliphatic hydroxyl groups excluding tert-OH is 1. The molecule has 0 saturated carbocycles. The zero-order chi connectivity index (χ0) is 12.0. The van der Waals surface area contributed by atoms with Gasteiger partial charge in [-0.15, -0.1) is 0 Å². The maximum Gasteiger partial charge on any atom is 0.312 e. The van der Waals surface area contributed by atoms with Crippen molar-refractivity contribution in [3.05, 3.63) is 11.6 Å². The Kier molecular flexibility index (Phi) is 5.62. The van der Waals surface area contributed by atoms with Crippen LogP contribution < -0.4 is 0 Å². The van der Waals surface area contributed by atoms with Gasteiger partial charge < -0.3 is 15.3 Å². The minimum absolute atomic E-state index is 0.0333. The molecule has 5 heteroatoms. The lowest BCUT2D eigenvalue weighted by Gasteiger charge is -2.12. The summed E-state index contributed by atoms with van der Waals surface area (Å²) in [5.41, 5.74) is 0.658. The Morgan fingerprint density at radius 3 is 2.13 bits per heavy atom. The molecule has 0 aromatic heterocycles. The summed E-state index contributed by atoms with van der Waals surface area (Å²) in [4.78, 5) is 21.0. The summed E-state index contributed by atoms with van der Waals surface area (Å²) in [5.74, 6) is -3.01. The lowest BCUT2D eigenvalue weighted by Crippen LogP contribution is -2.23. The number of aliphatic hydroxyl groups is 1. The van der Waals surface area contributed by atoms with Crippen molar-refractivity contribution < 1.29 is 24.9 Å². The number of hydrogen-bond donors (Lipinski definition) is 3. The van der Waals surface area contributed by atoms with Gasteiger partial charge in [-0.3, -0.25) is 9.59 Å². The van der Waals surface area contributed by atoms with Crippen LogP contribution in [-0.2, 0) is 9.59 Å². The Labute approximate surface area is 88.0 Å². The van der Waals surface area contributed by atoms with Crippen LogP contribution in [0.15, 0.2) is 11.6 Å². The van der Waals surface area contributed by atoms with Crippen molar-refractivity contribution in [3.8, 4) is 0 Å². The van der Waals surface area contributed by atoms with Gasteiger partial charge in [-0.2, -0.15) is 0 Å². The van der Waals surface area contributed by atoms with Crippen molar-refractivity contribution in [3.63, 3.8) is 0 Å². The Hall–Kier alpha value is -1.36. The van der Waals surface area contributed by atoms with E-state index in [4.69, 9.17) is 15.3 Å². The standard InChI is InChI=1S/C10H16O5/c1-6(3-4-9(12)13)5-8(7(2)11)10(14)15/h5,7-8,11H,3-4H2,1-2H3,(H,12,13)(H,14,15)/b6-5+. The van der Waals surface area contributed by atoms with Crippen LogP contribution in [0.1, 0.15) is 26.7 Å². The average molecular weight is 216 g/mol. The lowest BCUT2D eigenvalue weighted by atomic mass is 9.99. The number of aliphatic carboxylic acids is 2. The third-order valence-corrected chi connectivity index (χ3v) is 2.00. The van der Waals surface area contributed by atoms with Gasteiger partial charge in [0.15, 0.2) is 0 Å².